The van der Waals surface area contributed by atoms with E-state index in [9.17, 15) is 4.79 Å². The van der Waals surface area contributed by atoms with E-state index >= 15 is 0 Å². The van der Waals surface area contributed by atoms with Crippen molar-refractivity contribution in [3.63, 3.8) is 0 Å². The number of carbonyl (C=O) groups is 1. The number of hydrogen-bond acceptors (Lipinski definition) is 3. The lowest BCUT2D eigenvalue weighted by Crippen LogP contribution is -2.11. The van der Waals surface area contributed by atoms with Gasteiger partial charge in [0.25, 0.3) is 5.91 Å². The Bertz CT molecular complexity index is 593. The minimum atomic E-state index is -0.166. The van der Waals surface area contributed by atoms with Crippen LogP contribution in [0.15, 0.2) is 31.1 Å². The Hall–Kier alpha value is -0.240. The van der Waals surface area contributed by atoms with Gasteiger partial charge in [0.05, 0.1) is 8.66 Å². The highest BCUT2D eigenvalue weighted by atomic mass is 79.9. The molecule has 0 saturated carbocycles. The highest BCUT2D eigenvalue weighted by Crippen LogP contribution is 2.32. The third-order valence-electron chi connectivity index (χ3n) is 2.16. The minimum Gasteiger partial charge on any atom is -0.306 e. The summed E-state index contributed by atoms with van der Waals surface area (Å²) in [6.45, 7) is 1.94. The fraction of sp³-hybridized carbons (Fsp3) is 0.0909. The van der Waals surface area contributed by atoms with Crippen molar-refractivity contribution >= 4 is 70.9 Å². The molecule has 0 radical (unpaired) electrons. The molecule has 3 nitrogen and oxygen atoms in total. The Morgan fingerprint density at radius 3 is 2.56 bits per heavy atom. The zero-order valence-electron chi connectivity index (χ0n) is 9.13. The van der Waals surface area contributed by atoms with Crippen LogP contribution in [-0.4, -0.2) is 10.9 Å². The van der Waals surface area contributed by atoms with Gasteiger partial charge in [-0.1, -0.05) is 0 Å². The molecule has 0 aromatic carbocycles. The first-order valence-corrected chi connectivity index (χ1v) is 8.05. The van der Waals surface area contributed by atoms with E-state index in [1.807, 2.05) is 13.0 Å². The van der Waals surface area contributed by atoms with Crippen LogP contribution in [0, 0.1) is 6.92 Å². The largest absolute Gasteiger partial charge is 0.306 e. The Labute approximate surface area is 133 Å². The zero-order valence-corrected chi connectivity index (χ0v) is 14.7. The van der Waals surface area contributed by atoms with E-state index in [1.165, 1.54) is 11.3 Å². The molecule has 7 heteroatoms. The number of rotatable bonds is 2. The molecule has 2 rings (SSSR count). The fourth-order valence-corrected chi connectivity index (χ4v) is 3.39. The number of anilines is 1. The maximum Gasteiger partial charge on any atom is 0.266 e. The van der Waals surface area contributed by atoms with Crippen molar-refractivity contribution in [2.45, 2.75) is 6.92 Å². The summed E-state index contributed by atoms with van der Waals surface area (Å²) < 4.78 is 2.69. The summed E-state index contributed by atoms with van der Waals surface area (Å²) in [5, 5.41) is 2.76. The van der Waals surface area contributed by atoms with Gasteiger partial charge in [0.1, 0.15) is 5.82 Å². The van der Waals surface area contributed by atoms with E-state index in [-0.39, 0.29) is 5.91 Å². The molecule has 2 heterocycles. The van der Waals surface area contributed by atoms with Gasteiger partial charge < -0.3 is 5.32 Å². The number of hydrogen-bond donors (Lipinski definition) is 1. The number of nitrogens with zero attached hydrogens (tertiary/aromatic N) is 1. The van der Waals surface area contributed by atoms with Crippen LogP contribution < -0.4 is 5.32 Å². The van der Waals surface area contributed by atoms with Crippen molar-refractivity contribution in [1.82, 2.24) is 4.98 Å². The third kappa shape index (κ3) is 3.20. The number of halogens is 3. The summed E-state index contributed by atoms with van der Waals surface area (Å²) in [5.41, 5.74) is 1.02. The summed E-state index contributed by atoms with van der Waals surface area (Å²) >= 11 is 11.5. The molecule has 0 aliphatic rings. The van der Waals surface area contributed by atoms with Crippen molar-refractivity contribution in [3.8, 4) is 0 Å². The van der Waals surface area contributed by atoms with Crippen LogP contribution in [0.4, 0.5) is 5.82 Å². The SMILES string of the molecule is Cc1cc(NC(=O)c2cc(Br)c(Br)s2)ncc1Br. The van der Waals surface area contributed by atoms with Gasteiger partial charge in [0.15, 0.2) is 0 Å². The van der Waals surface area contributed by atoms with Gasteiger partial charge in [-0.2, -0.15) is 0 Å². The topological polar surface area (TPSA) is 42.0 Å². The van der Waals surface area contributed by atoms with Crippen LogP contribution in [-0.2, 0) is 0 Å². The second kappa shape index (κ2) is 5.81. The number of thiophene rings is 1. The van der Waals surface area contributed by atoms with Crippen LogP contribution in [0.1, 0.15) is 15.2 Å². The van der Waals surface area contributed by atoms with Crippen LogP contribution in [0.25, 0.3) is 0 Å². The second-order valence-corrected chi connectivity index (χ2v) is 7.58. The van der Waals surface area contributed by atoms with Crippen molar-refractivity contribution in [2.75, 3.05) is 5.32 Å². The number of pyridine rings is 1. The molecular weight excluding hydrogens is 448 g/mol. The smallest absolute Gasteiger partial charge is 0.266 e. The standard InChI is InChI=1S/C11H7Br3N2OS/c1-5-2-9(15-4-7(5)13)16-11(17)8-3-6(12)10(14)18-8/h2-4H,1H3,(H,15,16,17). The van der Waals surface area contributed by atoms with Crippen molar-refractivity contribution in [2.24, 2.45) is 0 Å². The second-order valence-electron chi connectivity index (χ2n) is 3.51. The van der Waals surface area contributed by atoms with E-state index in [0.717, 1.165) is 18.3 Å². The van der Waals surface area contributed by atoms with E-state index in [4.69, 9.17) is 0 Å². The number of aromatic nitrogens is 1. The molecular formula is C11H7Br3N2OS. The van der Waals surface area contributed by atoms with E-state index in [2.05, 4.69) is 58.1 Å². The molecule has 2 aromatic rings. The number of amides is 1. The minimum absolute atomic E-state index is 0.166. The average molecular weight is 455 g/mol. The third-order valence-corrected chi connectivity index (χ3v) is 6.24. The van der Waals surface area contributed by atoms with Gasteiger partial charge in [-0.3, -0.25) is 4.79 Å². The molecule has 1 N–H and O–H groups in total. The predicted octanol–water partition coefficient (Wildman–Crippen LogP) is 4.99. The first-order valence-electron chi connectivity index (χ1n) is 4.85. The molecule has 0 atom stereocenters. The van der Waals surface area contributed by atoms with E-state index in [1.54, 1.807) is 12.3 Å². The van der Waals surface area contributed by atoms with Gasteiger partial charge in [-0.25, -0.2) is 4.98 Å². The monoisotopic (exact) mass is 452 g/mol. The molecule has 18 heavy (non-hydrogen) atoms. The van der Waals surface area contributed by atoms with Gasteiger partial charge in [0.2, 0.25) is 0 Å². The summed E-state index contributed by atoms with van der Waals surface area (Å²) in [7, 11) is 0. The highest BCUT2D eigenvalue weighted by Gasteiger charge is 2.12. The Morgan fingerprint density at radius 1 is 1.28 bits per heavy atom. The molecule has 0 fully saturated rings. The predicted molar refractivity (Wildman–Crippen MR) is 84.3 cm³/mol. The van der Waals surface area contributed by atoms with Crippen LogP contribution in [0.5, 0.6) is 0 Å². The summed E-state index contributed by atoms with van der Waals surface area (Å²) in [4.78, 5) is 16.7. The molecule has 0 bridgehead atoms. The number of nitrogens with one attached hydrogen (secondary N) is 1. The summed E-state index contributed by atoms with van der Waals surface area (Å²) in [6, 6.07) is 3.59. The molecule has 0 saturated heterocycles. The Morgan fingerprint density at radius 2 is 2.00 bits per heavy atom. The van der Waals surface area contributed by atoms with Gasteiger partial charge in [0, 0.05) is 15.1 Å². The summed E-state index contributed by atoms with van der Waals surface area (Å²) in [6.07, 6.45) is 1.67. The zero-order chi connectivity index (χ0) is 13.3. The number of carbonyl (C=O) groups excluding carboxylic acids is 1. The molecule has 1 amide bonds. The van der Waals surface area contributed by atoms with Gasteiger partial charge >= 0.3 is 0 Å². The first kappa shape index (κ1) is 14.2. The normalized spacial score (nSPS) is 10.4. The molecule has 0 unspecified atom stereocenters. The lowest BCUT2D eigenvalue weighted by Gasteiger charge is -2.04. The van der Waals surface area contributed by atoms with Crippen LogP contribution in [0.3, 0.4) is 0 Å². The molecule has 94 valence electrons. The molecule has 0 aliphatic carbocycles. The van der Waals surface area contributed by atoms with Crippen molar-refractivity contribution in [3.05, 3.63) is 41.5 Å². The Balaban J connectivity index is 2.18. The van der Waals surface area contributed by atoms with Crippen LogP contribution >= 0.6 is 59.1 Å². The van der Waals surface area contributed by atoms with Crippen molar-refractivity contribution in [1.29, 1.82) is 0 Å². The molecule has 2 aromatic heterocycles. The summed E-state index contributed by atoms with van der Waals surface area (Å²) in [5.74, 6) is 0.377. The molecule has 0 aliphatic heterocycles. The lowest BCUT2D eigenvalue weighted by molar-refractivity contribution is 0.103. The maximum absolute atomic E-state index is 12.0. The van der Waals surface area contributed by atoms with Crippen molar-refractivity contribution < 1.29 is 4.79 Å². The van der Waals surface area contributed by atoms with Gasteiger partial charge in [-0.05, 0) is 72.4 Å². The van der Waals surface area contributed by atoms with Crippen LogP contribution in [0.2, 0.25) is 0 Å². The first-order chi connectivity index (χ1) is 8.47. The lowest BCUT2D eigenvalue weighted by atomic mass is 10.3. The average Bonchev–Trinajstić information content (AvgIpc) is 2.65. The number of aryl methyl sites for hydroxylation is 1. The maximum atomic E-state index is 12.0. The highest BCUT2D eigenvalue weighted by molar-refractivity contribution is 9.13. The van der Waals surface area contributed by atoms with E-state index in [0.29, 0.717) is 10.7 Å². The van der Waals surface area contributed by atoms with Gasteiger partial charge in [-0.15, -0.1) is 11.3 Å². The molecule has 0 spiro atoms. The Kier molecular flexibility index (Phi) is 4.58. The van der Waals surface area contributed by atoms with E-state index < -0.39 is 0 Å². The quantitative estimate of drug-likeness (QED) is 0.694. The fourth-order valence-electron chi connectivity index (χ4n) is 1.24.